The molecule has 4 aromatic rings. The van der Waals surface area contributed by atoms with E-state index in [2.05, 4.69) is 109 Å². The molecule has 3 heterocycles. The fourth-order valence-corrected chi connectivity index (χ4v) is 8.76. The van der Waals surface area contributed by atoms with E-state index in [4.69, 9.17) is 4.74 Å². The molecule has 0 N–H and O–H groups in total. The van der Waals surface area contributed by atoms with Crippen molar-refractivity contribution in [3.05, 3.63) is 109 Å². The van der Waals surface area contributed by atoms with Crippen LogP contribution in [0.25, 0.3) is 12.2 Å². The van der Waals surface area contributed by atoms with Gasteiger partial charge in [0.1, 0.15) is 0 Å². The number of carbonyl (C=O) groups excluding carboxylic acids is 1. The average Bonchev–Trinajstić information content (AvgIpc) is 3.74. The van der Waals surface area contributed by atoms with Crippen LogP contribution in [0, 0.1) is 0 Å². The Balaban J connectivity index is 1.32. The van der Waals surface area contributed by atoms with Crippen molar-refractivity contribution >= 4 is 47.0 Å². The maximum absolute atomic E-state index is 13.8. The number of ether oxygens (including phenoxy) is 1. The number of thiazole rings is 1. The van der Waals surface area contributed by atoms with Gasteiger partial charge in [0.15, 0.2) is 6.73 Å². The Labute approximate surface area is 256 Å². The van der Waals surface area contributed by atoms with E-state index in [1.165, 1.54) is 58.8 Å². The lowest BCUT2D eigenvalue weighted by molar-refractivity contribution is -0.132. The van der Waals surface area contributed by atoms with Crippen LogP contribution in [0.15, 0.2) is 77.6 Å². The molecule has 1 aromatic heterocycles. The molecule has 1 aliphatic carbocycles. The van der Waals surface area contributed by atoms with E-state index >= 15 is 0 Å². The zero-order valence-electron chi connectivity index (χ0n) is 24.9. The molecular formula is C36H37N3O3S. The van der Waals surface area contributed by atoms with E-state index in [0.29, 0.717) is 23.0 Å². The molecule has 43 heavy (non-hydrogen) atoms. The first kappa shape index (κ1) is 27.7. The summed E-state index contributed by atoms with van der Waals surface area (Å²) in [6, 6.07) is 26.4. The molecule has 1 fully saturated rings. The Morgan fingerprint density at radius 1 is 1.00 bits per heavy atom. The van der Waals surface area contributed by atoms with Gasteiger partial charge in [-0.25, -0.2) is 0 Å². The van der Waals surface area contributed by atoms with Gasteiger partial charge in [0.25, 0.3) is 12.0 Å². The molecule has 3 unspecified atom stereocenters. The molecule has 6 nitrogen and oxygen atoms in total. The molecule has 0 spiro atoms. The van der Waals surface area contributed by atoms with E-state index in [1.807, 2.05) is 6.08 Å². The number of para-hydroxylation sites is 2. The number of rotatable bonds is 7. The van der Waals surface area contributed by atoms with Crippen LogP contribution in [-0.2, 0) is 21.7 Å². The number of aromatic nitrogens is 1. The summed E-state index contributed by atoms with van der Waals surface area (Å²) in [5, 5.41) is 0. The summed E-state index contributed by atoms with van der Waals surface area (Å²) in [5.74, 6) is 0.500. The summed E-state index contributed by atoms with van der Waals surface area (Å²) in [4.78, 5) is 29.8. The number of nitrogens with zero attached hydrogens (tertiary/aromatic N) is 3. The first-order valence-corrected chi connectivity index (χ1v) is 16.1. The Hall–Kier alpha value is -4.10. The molecule has 1 saturated carbocycles. The maximum Gasteiger partial charge on any atom is 0.294 e. The zero-order valence-corrected chi connectivity index (χ0v) is 25.7. The van der Waals surface area contributed by atoms with Crippen molar-refractivity contribution in [2.45, 2.75) is 70.2 Å². The summed E-state index contributed by atoms with van der Waals surface area (Å²) in [6.07, 6.45) is 7.79. The van der Waals surface area contributed by atoms with Crippen LogP contribution in [-0.4, -0.2) is 29.7 Å². The van der Waals surface area contributed by atoms with Crippen LogP contribution in [0.2, 0.25) is 0 Å². The van der Waals surface area contributed by atoms with E-state index in [9.17, 15) is 9.59 Å². The highest BCUT2D eigenvalue weighted by Crippen LogP contribution is 2.52. The fourth-order valence-electron chi connectivity index (χ4n) is 7.70. The Kier molecular flexibility index (Phi) is 7.01. The van der Waals surface area contributed by atoms with Gasteiger partial charge < -0.3 is 14.5 Å². The smallest absolute Gasteiger partial charge is 0.294 e. The molecule has 3 atom stereocenters. The SMILES string of the molecule is CCN1c2ccccc2C(C)(C)C1C=c1s/c(=C/c2ccc3c(c2)C2CCCC2N3c2ccccc2)c(=O)n1COC=O. The number of hydrogen-bond acceptors (Lipinski definition) is 6. The van der Waals surface area contributed by atoms with Gasteiger partial charge in [0.2, 0.25) is 0 Å². The molecule has 0 radical (unpaired) electrons. The second kappa shape index (κ2) is 10.9. The third-order valence-electron chi connectivity index (χ3n) is 9.69. The molecule has 220 valence electrons. The molecule has 2 aliphatic heterocycles. The van der Waals surface area contributed by atoms with Crippen LogP contribution in [0.3, 0.4) is 0 Å². The number of carbonyl (C=O) groups is 1. The van der Waals surface area contributed by atoms with Gasteiger partial charge in [-0.05, 0) is 78.9 Å². The Morgan fingerprint density at radius 3 is 2.58 bits per heavy atom. The lowest BCUT2D eigenvalue weighted by Crippen LogP contribution is -2.42. The number of benzene rings is 3. The van der Waals surface area contributed by atoms with Crippen molar-refractivity contribution < 1.29 is 9.53 Å². The number of fused-ring (bicyclic) bond motifs is 4. The molecule has 3 aliphatic rings. The maximum atomic E-state index is 13.8. The van der Waals surface area contributed by atoms with Crippen molar-refractivity contribution in [1.82, 2.24) is 4.57 Å². The monoisotopic (exact) mass is 591 g/mol. The molecule has 7 heteroatoms. The van der Waals surface area contributed by atoms with Gasteiger partial charge in [0, 0.05) is 41.0 Å². The van der Waals surface area contributed by atoms with Crippen molar-refractivity contribution in [3.8, 4) is 0 Å². The summed E-state index contributed by atoms with van der Waals surface area (Å²) < 4.78 is 8.16. The van der Waals surface area contributed by atoms with E-state index < -0.39 is 0 Å². The third kappa shape index (κ3) is 4.52. The topological polar surface area (TPSA) is 54.8 Å². The average molecular weight is 592 g/mol. The largest absolute Gasteiger partial charge is 0.446 e. The predicted octanol–water partition coefficient (Wildman–Crippen LogP) is 5.62. The van der Waals surface area contributed by atoms with Crippen LogP contribution in [0.5, 0.6) is 0 Å². The number of anilines is 3. The summed E-state index contributed by atoms with van der Waals surface area (Å²) in [5.41, 5.74) is 7.14. The lowest BCUT2D eigenvalue weighted by atomic mass is 9.80. The Morgan fingerprint density at radius 2 is 1.79 bits per heavy atom. The minimum Gasteiger partial charge on any atom is -0.446 e. The van der Waals surface area contributed by atoms with Crippen molar-refractivity contribution in [2.24, 2.45) is 0 Å². The van der Waals surface area contributed by atoms with Crippen LogP contribution >= 0.6 is 11.3 Å². The van der Waals surface area contributed by atoms with Gasteiger partial charge in [-0.2, -0.15) is 0 Å². The van der Waals surface area contributed by atoms with Gasteiger partial charge in [0.05, 0.1) is 15.2 Å². The standard InChI is InChI=1S/C36H37N3O3S/c1-4-37-31-15-9-8-14-28(31)36(2,3)33(37)21-34-38(22-42-23-40)35(41)32(43-34)20-24-17-18-30-27(19-24)26-13-10-16-29(26)39(30)25-11-6-5-7-12-25/h5-9,11-12,14-15,17-21,23,26,29,33H,4,10,13,16,22H2,1-3H3/b32-20+,34-21?. The van der Waals surface area contributed by atoms with Gasteiger partial charge in [-0.1, -0.05) is 62.7 Å². The van der Waals surface area contributed by atoms with Gasteiger partial charge >= 0.3 is 0 Å². The summed E-state index contributed by atoms with van der Waals surface area (Å²) in [6.45, 7) is 7.82. The summed E-state index contributed by atoms with van der Waals surface area (Å²) in [7, 11) is 0. The van der Waals surface area contributed by atoms with Gasteiger partial charge in [-0.3, -0.25) is 14.2 Å². The molecular weight excluding hydrogens is 554 g/mol. The lowest BCUT2D eigenvalue weighted by Gasteiger charge is -2.31. The van der Waals surface area contributed by atoms with Crippen LogP contribution < -0.4 is 24.6 Å². The molecule has 0 amide bonds. The highest BCUT2D eigenvalue weighted by Gasteiger charge is 2.43. The van der Waals surface area contributed by atoms with Crippen LogP contribution in [0.1, 0.15) is 62.6 Å². The highest BCUT2D eigenvalue weighted by molar-refractivity contribution is 7.07. The van der Waals surface area contributed by atoms with Gasteiger partial charge in [-0.15, -0.1) is 11.3 Å². The number of likely N-dealkylation sites (N-methyl/N-ethyl adjacent to an activating group) is 1. The second-order valence-corrected chi connectivity index (χ2v) is 13.4. The zero-order chi connectivity index (χ0) is 29.7. The summed E-state index contributed by atoms with van der Waals surface area (Å²) >= 11 is 1.47. The predicted molar refractivity (Wildman–Crippen MR) is 175 cm³/mol. The quantitative estimate of drug-likeness (QED) is 0.261. The van der Waals surface area contributed by atoms with Crippen molar-refractivity contribution in [2.75, 3.05) is 16.3 Å². The highest BCUT2D eigenvalue weighted by atomic mass is 32.1. The van der Waals surface area contributed by atoms with E-state index in [-0.39, 0.29) is 23.7 Å². The number of hydrogen-bond donors (Lipinski definition) is 0. The molecule has 7 rings (SSSR count). The molecule has 0 saturated heterocycles. The second-order valence-electron chi connectivity index (χ2n) is 12.3. The molecule has 3 aromatic carbocycles. The normalized spacial score (nSPS) is 22.5. The van der Waals surface area contributed by atoms with Crippen LogP contribution in [0.4, 0.5) is 17.1 Å². The van der Waals surface area contributed by atoms with E-state index in [0.717, 1.165) is 16.8 Å². The third-order valence-corrected chi connectivity index (χ3v) is 10.8. The van der Waals surface area contributed by atoms with Crippen molar-refractivity contribution in [3.63, 3.8) is 0 Å². The minimum absolute atomic E-state index is 0.0477. The minimum atomic E-state index is -0.157. The van der Waals surface area contributed by atoms with E-state index in [1.54, 1.807) is 4.57 Å². The Bertz CT molecular complexity index is 1860. The molecule has 0 bridgehead atoms. The first-order chi connectivity index (χ1) is 20.9. The van der Waals surface area contributed by atoms with Crippen molar-refractivity contribution in [1.29, 1.82) is 0 Å². The fraction of sp³-hybridized carbons (Fsp3) is 0.333. The first-order valence-electron chi connectivity index (χ1n) is 15.2.